The van der Waals surface area contributed by atoms with Crippen LogP contribution in [0.5, 0.6) is 0 Å². The van der Waals surface area contributed by atoms with E-state index in [9.17, 15) is 0 Å². The molecule has 0 aromatic carbocycles. The van der Waals surface area contributed by atoms with Gasteiger partial charge >= 0.3 is 0 Å². The summed E-state index contributed by atoms with van der Waals surface area (Å²) in [5, 5.41) is 3.98. The minimum atomic E-state index is 0.765. The lowest BCUT2D eigenvalue weighted by Gasteiger charge is -2.38. The minimum Gasteiger partial charge on any atom is -0.310 e. The van der Waals surface area contributed by atoms with E-state index in [0.29, 0.717) is 0 Å². The van der Waals surface area contributed by atoms with Crippen molar-refractivity contribution in [3.05, 3.63) is 0 Å². The highest BCUT2D eigenvalue weighted by Gasteiger charge is 2.35. The molecule has 3 aliphatic heterocycles. The first-order chi connectivity index (χ1) is 8.35. The van der Waals surface area contributed by atoms with E-state index in [1.54, 1.807) is 0 Å². The Morgan fingerprint density at radius 2 is 1.94 bits per heavy atom. The lowest BCUT2D eigenvalue weighted by Crippen LogP contribution is -2.53. The standard InChI is InChI=1S/C14H27N3/c1-2-16-7-3-4-13(11-16)15-14-6-9-17-8-5-12(14)10-17/h12-15H,2-11H2,1H3. The number of nitrogens with one attached hydrogen (secondary N) is 1. The Morgan fingerprint density at radius 1 is 1.06 bits per heavy atom. The van der Waals surface area contributed by atoms with Crippen molar-refractivity contribution < 1.29 is 0 Å². The van der Waals surface area contributed by atoms with Crippen molar-refractivity contribution in [2.75, 3.05) is 39.3 Å². The van der Waals surface area contributed by atoms with Crippen LogP contribution < -0.4 is 5.32 Å². The molecule has 0 spiro atoms. The van der Waals surface area contributed by atoms with Crippen LogP contribution in [0.2, 0.25) is 0 Å². The molecule has 0 aromatic rings. The summed E-state index contributed by atoms with van der Waals surface area (Å²) in [6.07, 6.45) is 5.59. The molecule has 0 amide bonds. The van der Waals surface area contributed by atoms with Crippen molar-refractivity contribution in [2.45, 2.75) is 44.7 Å². The Labute approximate surface area is 106 Å². The van der Waals surface area contributed by atoms with Crippen LogP contribution in [0.25, 0.3) is 0 Å². The van der Waals surface area contributed by atoms with Gasteiger partial charge in [0.1, 0.15) is 0 Å². The highest BCUT2D eigenvalue weighted by molar-refractivity contribution is 4.93. The zero-order valence-corrected chi connectivity index (χ0v) is 11.2. The molecule has 1 N–H and O–H groups in total. The van der Waals surface area contributed by atoms with Gasteiger partial charge in [0.25, 0.3) is 0 Å². The van der Waals surface area contributed by atoms with Crippen molar-refractivity contribution in [1.29, 1.82) is 0 Å². The molecule has 17 heavy (non-hydrogen) atoms. The average molecular weight is 237 g/mol. The fourth-order valence-corrected chi connectivity index (χ4v) is 3.95. The van der Waals surface area contributed by atoms with Gasteiger partial charge < -0.3 is 15.1 Å². The molecule has 4 unspecified atom stereocenters. The van der Waals surface area contributed by atoms with Gasteiger partial charge in [0, 0.05) is 25.2 Å². The number of rotatable bonds is 3. The Kier molecular flexibility index (Phi) is 3.69. The predicted octanol–water partition coefficient (Wildman–Crippen LogP) is 1.15. The van der Waals surface area contributed by atoms with E-state index in [1.807, 2.05) is 0 Å². The van der Waals surface area contributed by atoms with Gasteiger partial charge in [0.15, 0.2) is 0 Å². The Hall–Kier alpha value is -0.120. The van der Waals surface area contributed by atoms with Gasteiger partial charge in [-0.15, -0.1) is 0 Å². The van der Waals surface area contributed by atoms with Crippen LogP contribution in [0.1, 0.15) is 32.6 Å². The third-order valence-electron chi connectivity index (χ3n) is 5.04. The molecular weight excluding hydrogens is 210 g/mol. The minimum absolute atomic E-state index is 0.765. The molecule has 98 valence electrons. The normalized spacial score (nSPS) is 42.9. The number of hydrogen-bond donors (Lipinski definition) is 1. The first-order valence-corrected chi connectivity index (χ1v) is 7.56. The molecule has 3 nitrogen and oxygen atoms in total. The number of likely N-dealkylation sites (tertiary alicyclic amines) is 1. The van der Waals surface area contributed by atoms with Crippen LogP contribution in [0, 0.1) is 5.92 Å². The molecule has 3 aliphatic rings. The third kappa shape index (κ3) is 2.67. The number of hydrogen-bond acceptors (Lipinski definition) is 3. The van der Waals surface area contributed by atoms with Gasteiger partial charge in [-0.25, -0.2) is 0 Å². The second-order valence-corrected chi connectivity index (χ2v) is 6.14. The van der Waals surface area contributed by atoms with Crippen LogP contribution >= 0.6 is 0 Å². The van der Waals surface area contributed by atoms with Gasteiger partial charge in [0.05, 0.1) is 0 Å². The summed E-state index contributed by atoms with van der Waals surface area (Å²) in [5.41, 5.74) is 0. The molecule has 2 bridgehead atoms. The maximum absolute atomic E-state index is 3.98. The highest BCUT2D eigenvalue weighted by atomic mass is 15.2. The van der Waals surface area contributed by atoms with E-state index in [0.717, 1.165) is 18.0 Å². The highest BCUT2D eigenvalue weighted by Crippen LogP contribution is 2.28. The summed E-state index contributed by atoms with van der Waals surface area (Å²) in [5.74, 6) is 0.945. The maximum atomic E-state index is 3.98. The van der Waals surface area contributed by atoms with E-state index < -0.39 is 0 Å². The molecule has 0 aromatic heterocycles. The number of likely N-dealkylation sites (N-methyl/N-ethyl adjacent to an activating group) is 1. The van der Waals surface area contributed by atoms with Gasteiger partial charge in [0.2, 0.25) is 0 Å². The van der Waals surface area contributed by atoms with Crippen LogP contribution in [0.15, 0.2) is 0 Å². The molecule has 0 saturated carbocycles. The fraction of sp³-hybridized carbons (Fsp3) is 1.00. The Balaban J connectivity index is 1.52. The summed E-state index contributed by atoms with van der Waals surface area (Å²) in [6, 6.07) is 1.58. The lowest BCUT2D eigenvalue weighted by atomic mass is 9.92. The zero-order chi connectivity index (χ0) is 11.7. The molecule has 3 heterocycles. The molecule has 3 heteroatoms. The second-order valence-electron chi connectivity index (χ2n) is 6.14. The summed E-state index contributed by atoms with van der Waals surface area (Å²) < 4.78 is 0. The van der Waals surface area contributed by atoms with Gasteiger partial charge in [-0.3, -0.25) is 0 Å². The second kappa shape index (κ2) is 5.25. The van der Waals surface area contributed by atoms with Crippen molar-refractivity contribution >= 4 is 0 Å². The predicted molar refractivity (Wildman–Crippen MR) is 71.2 cm³/mol. The Morgan fingerprint density at radius 3 is 2.82 bits per heavy atom. The number of nitrogens with zero attached hydrogens (tertiary/aromatic N) is 2. The van der Waals surface area contributed by atoms with Crippen molar-refractivity contribution in [3.8, 4) is 0 Å². The lowest BCUT2D eigenvalue weighted by molar-refractivity contribution is 0.158. The SMILES string of the molecule is CCN1CCCC(NC2CCN3CCC2C3)C1. The fourth-order valence-electron chi connectivity index (χ4n) is 3.95. The summed E-state index contributed by atoms with van der Waals surface area (Å²) in [7, 11) is 0. The molecule has 0 aliphatic carbocycles. The summed E-state index contributed by atoms with van der Waals surface area (Å²) in [6.45, 7) is 10.2. The monoisotopic (exact) mass is 237 g/mol. The first-order valence-electron chi connectivity index (χ1n) is 7.56. The number of piperidine rings is 2. The van der Waals surface area contributed by atoms with E-state index in [-0.39, 0.29) is 0 Å². The van der Waals surface area contributed by atoms with Crippen molar-refractivity contribution in [3.63, 3.8) is 0 Å². The third-order valence-corrected chi connectivity index (χ3v) is 5.04. The van der Waals surface area contributed by atoms with Crippen molar-refractivity contribution in [2.24, 2.45) is 5.92 Å². The summed E-state index contributed by atoms with van der Waals surface area (Å²) in [4.78, 5) is 5.24. The smallest absolute Gasteiger partial charge is 0.0198 e. The molecule has 4 atom stereocenters. The van der Waals surface area contributed by atoms with Crippen molar-refractivity contribution in [1.82, 2.24) is 15.1 Å². The number of fused-ring (bicyclic) bond motifs is 2. The van der Waals surface area contributed by atoms with Crippen LogP contribution in [-0.2, 0) is 0 Å². The molecule has 3 saturated heterocycles. The molecule has 0 radical (unpaired) electrons. The largest absolute Gasteiger partial charge is 0.310 e. The van der Waals surface area contributed by atoms with E-state index in [4.69, 9.17) is 0 Å². The molecule has 3 fully saturated rings. The van der Waals surface area contributed by atoms with Crippen LogP contribution in [0.4, 0.5) is 0 Å². The average Bonchev–Trinajstić information content (AvgIpc) is 2.76. The van der Waals surface area contributed by atoms with E-state index in [2.05, 4.69) is 22.0 Å². The molecular formula is C14H27N3. The van der Waals surface area contributed by atoms with Crippen LogP contribution in [0.3, 0.4) is 0 Å². The van der Waals surface area contributed by atoms with E-state index in [1.165, 1.54) is 65.0 Å². The topological polar surface area (TPSA) is 18.5 Å². The van der Waals surface area contributed by atoms with Gasteiger partial charge in [-0.2, -0.15) is 0 Å². The summed E-state index contributed by atoms with van der Waals surface area (Å²) >= 11 is 0. The Bertz CT molecular complexity index is 256. The zero-order valence-electron chi connectivity index (χ0n) is 11.2. The quantitative estimate of drug-likeness (QED) is 0.794. The maximum Gasteiger partial charge on any atom is 0.0198 e. The first kappa shape index (κ1) is 11.9. The van der Waals surface area contributed by atoms with Gasteiger partial charge in [-0.05, 0) is 57.8 Å². The van der Waals surface area contributed by atoms with Gasteiger partial charge in [-0.1, -0.05) is 6.92 Å². The van der Waals surface area contributed by atoms with Crippen LogP contribution in [-0.4, -0.2) is 61.2 Å². The van der Waals surface area contributed by atoms with E-state index >= 15 is 0 Å². The molecule has 3 rings (SSSR count).